The lowest BCUT2D eigenvalue weighted by molar-refractivity contribution is -0.384. The second kappa shape index (κ2) is 7.03. The molecule has 2 aromatic heterocycles. The summed E-state index contributed by atoms with van der Waals surface area (Å²) in [5.41, 5.74) is 0.561. The van der Waals surface area contributed by atoms with Crippen LogP contribution in [0.1, 0.15) is 17.3 Å². The Balaban J connectivity index is 1.92. The highest BCUT2D eigenvalue weighted by Gasteiger charge is 2.18. The van der Waals surface area contributed by atoms with Crippen molar-refractivity contribution in [2.45, 2.75) is 11.8 Å². The van der Waals surface area contributed by atoms with Gasteiger partial charge in [0.2, 0.25) is 0 Å². The number of benzene rings is 1. The number of nitrogens with zero attached hydrogens (tertiary/aromatic N) is 3. The fourth-order valence-electron chi connectivity index (χ4n) is 2.37. The van der Waals surface area contributed by atoms with Crippen molar-refractivity contribution < 1.29 is 22.9 Å². The van der Waals surface area contributed by atoms with Gasteiger partial charge < -0.3 is 4.74 Å². The molecule has 0 amide bonds. The van der Waals surface area contributed by atoms with Crippen LogP contribution in [-0.4, -0.2) is 35.5 Å². The van der Waals surface area contributed by atoms with Crippen LogP contribution in [-0.2, 0) is 14.8 Å². The Morgan fingerprint density at radius 2 is 2.00 bits per heavy atom. The molecule has 0 spiro atoms. The fraction of sp³-hybridized carbons (Fsp3) is 0.125. The Bertz CT molecular complexity index is 1120. The summed E-state index contributed by atoms with van der Waals surface area (Å²) in [6.45, 7) is 1.87. The normalized spacial score (nSPS) is 11.3. The smallest absolute Gasteiger partial charge is 0.341 e. The second-order valence-corrected chi connectivity index (χ2v) is 7.06. The third-order valence-electron chi connectivity index (χ3n) is 3.63. The van der Waals surface area contributed by atoms with Gasteiger partial charge in [-0.3, -0.25) is 14.8 Å². The first-order valence-corrected chi connectivity index (χ1v) is 9.22. The summed E-state index contributed by atoms with van der Waals surface area (Å²) in [6, 6.07) is 7.41. The number of nitro groups is 1. The minimum atomic E-state index is -3.97. The molecule has 0 unspecified atom stereocenters. The number of hydrogen-bond acceptors (Lipinski definition) is 7. The topological polar surface area (TPSA) is 133 Å². The minimum absolute atomic E-state index is 0.132. The number of sulfonamides is 1. The van der Waals surface area contributed by atoms with Gasteiger partial charge in [-0.2, -0.15) is 5.10 Å². The van der Waals surface area contributed by atoms with Crippen molar-refractivity contribution in [3.8, 4) is 0 Å². The molecule has 0 atom stereocenters. The third kappa shape index (κ3) is 3.72. The summed E-state index contributed by atoms with van der Waals surface area (Å²) in [5.74, 6) is -0.567. The highest BCUT2D eigenvalue weighted by atomic mass is 32.2. The van der Waals surface area contributed by atoms with E-state index in [2.05, 4.69) is 9.82 Å². The summed E-state index contributed by atoms with van der Waals surface area (Å²) >= 11 is 0. The maximum atomic E-state index is 12.5. The second-order valence-electron chi connectivity index (χ2n) is 5.38. The van der Waals surface area contributed by atoms with Crippen LogP contribution in [0.4, 0.5) is 11.4 Å². The molecular formula is C16H14N4O6S. The van der Waals surface area contributed by atoms with Gasteiger partial charge in [0.05, 0.1) is 33.8 Å². The monoisotopic (exact) mass is 390 g/mol. The summed E-state index contributed by atoms with van der Waals surface area (Å²) in [5, 5.41) is 14.7. The standard InChI is InChI=1S/C16H14N4O6S/c1-2-26-16(21)14-10-17-19-8-7-11(9-15(14)19)18-27(24,25)13-5-3-12(4-6-13)20(22)23/h3-10,18H,2H2,1H3. The summed E-state index contributed by atoms with van der Waals surface area (Å²) in [4.78, 5) is 21.9. The molecule has 1 aromatic carbocycles. The highest BCUT2D eigenvalue weighted by molar-refractivity contribution is 7.92. The number of carbonyl (C=O) groups is 1. The van der Waals surface area contributed by atoms with E-state index in [0.29, 0.717) is 5.52 Å². The number of non-ortho nitro benzene ring substituents is 1. The van der Waals surface area contributed by atoms with E-state index in [1.807, 2.05) is 0 Å². The Morgan fingerprint density at radius 3 is 2.63 bits per heavy atom. The number of carbonyl (C=O) groups excluding carboxylic acids is 1. The number of aromatic nitrogens is 2. The molecule has 27 heavy (non-hydrogen) atoms. The number of rotatable bonds is 6. The quantitative estimate of drug-likeness (QED) is 0.387. The molecule has 3 rings (SSSR count). The lowest BCUT2D eigenvalue weighted by Crippen LogP contribution is -2.13. The van der Waals surface area contributed by atoms with E-state index in [0.717, 1.165) is 24.3 Å². The zero-order chi connectivity index (χ0) is 19.6. The minimum Gasteiger partial charge on any atom is -0.462 e. The van der Waals surface area contributed by atoms with Gasteiger partial charge in [-0.15, -0.1) is 0 Å². The zero-order valence-electron chi connectivity index (χ0n) is 14.0. The number of fused-ring (bicyclic) bond motifs is 1. The van der Waals surface area contributed by atoms with Gasteiger partial charge in [0.1, 0.15) is 5.56 Å². The number of hydrogen-bond donors (Lipinski definition) is 1. The molecule has 0 fully saturated rings. The van der Waals surface area contributed by atoms with Crippen LogP contribution in [0.3, 0.4) is 0 Å². The lowest BCUT2D eigenvalue weighted by atomic mass is 10.2. The molecule has 0 aliphatic rings. The van der Waals surface area contributed by atoms with Crippen LogP contribution in [0, 0.1) is 10.1 Å². The van der Waals surface area contributed by atoms with Gasteiger partial charge in [-0.1, -0.05) is 0 Å². The number of nitrogens with one attached hydrogen (secondary N) is 1. The maximum absolute atomic E-state index is 12.5. The Labute approximate surface area is 153 Å². The first-order valence-electron chi connectivity index (χ1n) is 7.73. The first kappa shape index (κ1) is 18.3. The van der Waals surface area contributed by atoms with Gasteiger partial charge in [-0.25, -0.2) is 17.7 Å². The Kier molecular flexibility index (Phi) is 4.77. The lowest BCUT2D eigenvalue weighted by Gasteiger charge is -2.09. The van der Waals surface area contributed by atoms with Gasteiger partial charge in [0.25, 0.3) is 15.7 Å². The molecule has 11 heteroatoms. The zero-order valence-corrected chi connectivity index (χ0v) is 14.8. The van der Waals surface area contributed by atoms with E-state index in [9.17, 15) is 23.3 Å². The number of pyridine rings is 1. The van der Waals surface area contributed by atoms with E-state index in [-0.39, 0.29) is 28.4 Å². The van der Waals surface area contributed by atoms with Crippen molar-refractivity contribution in [1.82, 2.24) is 9.61 Å². The molecule has 0 aliphatic carbocycles. The van der Waals surface area contributed by atoms with Crippen LogP contribution in [0.2, 0.25) is 0 Å². The van der Waals surface area contributed by atoms with Crippen molar-refractivity contribution in [2.24, 2.45) is 0 Å². The molecule has 140 valence electrons. The van der Waals surface area contributed by atoms with Gasteiger partial charge >= 0.3 is 5.97 Å². The summed E-state index contributed by atoms with van der Waals surface area (Å²) in [6.07, 6.45) is 2.83. The number of nitro benzene ring substituents is 1. The van der Waals surface area contributed by atoms with Gasteiger partial charge in [-0.05, 0) is 31.2 Å². The molecule has 1 N–H and O–H groups in total. The fourth-order valence-corrected chi connectivity index (χ4v) is 3.42. The Hall–Kier alpha value is -3.47. The third-order valence-corrected chi connectivity index (χ3v) is 5.02. The Morgan fingerprint density at radius 1 is 1.30 bits per heavy atom. The largest absolute Gasteiger partial charge is 0.462 e. The molecule has 0 radical (unpaired) electrons. The molecule has 10 nitrogen and oxygen atoms in total. The molecular weight excluding hydrogens is 376 g/mol. The SMILES string of the molecule is CCOC(=O)c1cnn2ccc(NS(=O)(=O)c3ccc([N+](=O)[O-])cc3)cc12. The average Bonchev–Trinajstić information content (AvgIpc) is 3.05. The molecule has 3 aromatic rings. The molecule has 0 aliphatic heterocycles. The summed E-state index contributed by atoms with van der Waals surface area (Å²) < 4.78 is 33.7. The molecule has 0 saturated carbocycles. The number of ether oxygens (including phenoxy) is 1. The van der Waals surface area contributed by atoms with Crippen molar-refractivity contribution in [3.63, 3.8) is 0 Å². The van der Waals surface area contributed by atoms with E-state index >= 15 is 0 Å². The van der Waals surface area contributed by atoms with Crippen LogP contribution in [0.25, 0.3) is 5.52 Å². The van der Waals surface area contributed by atoms with Crippen molar-refractivity contribution in [2.75, 3.05) is 11.3 Å². The molecule has 2 heterocycles. The van der Waals surface area contributed by atoms with E-state index in [4.69, 9.17) is 4.74 Å². The van der Waals surface area contributed by atoms with Crippen LogP contribution in [0.5, 0.6) is 0 Å². The van der Waals surface area contributed by atoms with Crippen molar-refractivity contribution >= 4 is 32.9 Å². The number of esters is 1. The predicted octanol–water partition coefficient (Wildman–Crippen LogP) is 2.22. The number of anilines is 1. The van der Waals surface area contributed by atoms with Crippen molar-refractivity contribution in [1.29, 1.82) is 0 Å². The summed E-state index contributed by atoms with van der Waals surface area (Å²) in [7, 11) is -3.97. The van der Waals surface area contributed by atoms with Gasteiger partial charge in [0, 0.05) is 18.3 Å². The molecule has 0 bridgehead atoms. The van der Waals surface area contributed by atoms with Crippen LogP contribution < -0.4 is 4.72 Å². The van der Waals surface area contributed by atoms with Crippen molar-refractivity contribution in [3.05, 3.63) is 64.5 Å². The molecule has 0 saturated heterocycles. The van der Waals surface area contributed by atoms with E-state index < -0.39 is 20.9 Å². The van der Waals surface area contributed by atoms with E-state index in [1.54, 1.807) is 6.92 Å². The van der Waals surface area contributed by atoms with E-state index in [1.165, 1.54) is 29.0 Å². The first-order chi connectivity index (χ1) is 12.8. The predicted molar refractivity (Wildman–Crippen MR) is 95.1 cm³/mol. The highest BCUT2D eigenvalue weighted by Crippen LogP contribution is 2.21. The maximum Gasteiger partial charge on any atom is 0.341 e. The van der Waals surface area contributed by atoms with Crippen LogP contribution in [0.15, 0.2) is 53.7 Å². The average molecular weight is 390 g/mol. The van der Waals surface area contributed by atoms with Crippen LogP contribution >= 0.6 is 0 Å². The van der Waals surface area contributed by atoms with Gasteiger partial charge in [0.15, 0.2) is 0 Å².